The maximum Gasteiger partial charge on any atom is 0.170 e. The molecule has 3 aromatic heterocycles. The summed E-state index contributed by atoms with van der Waals surface area (Å²) in [6.07, 6.45) is 12.2. The van der Waals surface area contributed by atoms with Crippen molar-refractivity contribution in [2.24, 2.45) is 0 Å². The molecular weight excluding hydrogens is 330 g/mol. The molecule has 0 bridgehead atoms. The molecule has 0 aliphatic heterocycles. The number of thioether (sulfide) groups is 1. The van der Waals surface area contributed by atoms with E-state index < -0.39 is 0 Å². The first-order chi connectivity index (χ1) is 12.3. The van der Waals surface area contributed by atoms with Crippen LogP contribution in [-0.2, 0) is 0 Å². The molecule has 0 atom stereocenters. The number of hydrogen-bond acceptors (Lipinski definition) is 4. The number of nitrogens with zero attached hydrogens (tertiary/aromatic N) is 4. The molecule has 6 heteroatoms. The molecular formula is C19H17N5S. The molecule has 0 radical (unpaired) electrons. The van der Waals surface area contributed by atoms with Crippen molar-refractivity contribution in [3.8, 4) is 22.5 Å². The van der Waals surface area contributed by atoms with E-state index >= 15 is 0 Å². The van der Waals surface area contributed by atoms with Crippen LogP contribution in [0.3, 0.4) is 0 Å². The highest BCUT2D eigenvalue weighted by Crippen LogP contribution is 2.39. The van der Waals surface area contributed by atoms with Gasteiger partial charge in [-0.2, -0.15) is 0 Å². The molecule has 0 unspecified atom stereocenters. The van der Waals surface area contributed by atoms with Gasteiger partial charge in [-0.1, -0.05) is 24.3 Å². The lowest BCUT2D eigenvalue weighted by Crippen LogP contribution is -1.92. The molecule has 4 aromatic rings. The Balaban J connectivity index is 1.50. The summed E-state index contributed by atoms with van der Waals surface area (Å²) in [6.45, 7) is 0. The van der Waals surface area contributed by atoms with E-state index in [2.05, 4.69) is 48.6 Å². The normalized spacial score (nSPS) is 14.3. The molecule has 3 heterocycles. The zero-order valence-corrected chi connectivity index (χ0v) is 14.6. The first-order valence-corrected chi connectivity index (χ1v) is 9.58. The van der Waals surface area contributed by atoms with Gasteiger partial charge in [0.25, 0.3) is 0 Å². The highest BCUT2D eigenvalue weighted by Gasteiger charge is 2.26. The Morgan fingerprint density at radius 1 is 1.04 bits per heavy atom. The molecule has 1 aromatic carbocycles. The number of rotatable bonds is 4. The summed E-state index contributed by atoms with van der Waals surface area (Å²) >= 11 is 1.61. The monoisotopic (exact) mass is 347 g/mol. The van der Waals surface area contributed by atoms with Gasteiger partial charge in [0.1, 0.15) is 10.9 Å². The lowest BCUT2D eigenvalue weighted by atomic mass is 10.1. The van der Waals surface area contributed by atoms with Crippen LogP contribution in [0.2, 0.25) is 0 Å². The van der Waals surface area contributed by atoms with Crippen LogP contribution >= 0.6 is 11.8 Å². The molecule has 0 spiro atoms. The molecule has 1 aliphatic carbocycles. The molecule has 1 saturated carbocycles. The fraction of sp³-hybridized carbons (Fsp3) is 0.211. The summed E-state index contributed by atoms with van der Waals surface area (Å²) in [5.41, 5.74) is 5.35. The van der Waals surface area contributed by atoms with Crippen molar-refractivity contribution >= 4 is 17.4 Å². The number of aromatic nitrogens is 5. The zero-order valence-electron chi connectivity index (χ0n) is 13.8. The van der Waals surface area contributed by atoms with Gasteiger partial charge in [0.15, 0.2) is 5.65 Å². The lowest BCUT2D eigenvalue weighted by molar-refractivity contribution is 0.977. The van der Waals surface area contributed by atoms with Gasteiger partial charge in [-0.25, -0.2) is 15.0 Å². The highest BCUT2D eigenvalue weighted by molar-refractivity contribution is 7.98. The standard InChI is InChI=1S/C19H17N5S/c1-25-19-18-22-11-16(24(18)9-8-20-19)13-4-2-12(3-5-13)15-10-21-17(23-15)14-6-7-14/h2-5,8-11,14H,6-7H2,1H3,(H,21,23). The Kier molecular flexibility index (Phi) is 3.38. The van der Waals surface area contributed by atoms with Gasteiger partial charge in [0, 0.05) is 23.9 Å². The molecule has 124 valence electrons. The molecule has 0 saturated heterocycles. The maximum absolute atomic E-state index is 4.54. The van der Waals surface area contributed by atoms with Gasteiger partial charge in [0.2, 0.25) is 0 Å². The Morgan fingerprint density at radius 3 is 2.60 bits per heavy atom. The number of imidazole rings is 2. The summed E-state index contributed by atoms with van der Waals surface area (Å²) in [6, 6.07) is 8.54. The van der Waals surface area contributed by atoms with Crippen molar-refractivity contribution in [2.75, 3.05) is 6.26 Å². The predicted molar refractivity (Wildman–Crippen MR) is 99.8 cm³/mol. The van der Waals surface area contributed by atoms with Gasteiger partial charge in [-0.3, -0.25) is 4.40 Å². The van der Waals surface area contributed by atoms with E-state index in [0.717, 1.165) is 39.0 Å². The van der Waals surface area contributed by atoms with E-state index in [9.17, 15) is 0 Å². The van der Waals surface area contributed by atoms with Crippen LogP contribution in [-0.4, -0.2) is 30.6 Å². The Morgan fingerprint density at radius 2 is 1.84 bits per heavy atom. The summed E-state index contributed by atoms with van der Waals surface area (Å²) in [4.78, 5) is 16.9. The van der Waals surface area contributed by atoms with E-state index in [1.807, 2.05) is 31.0 Å². The number of fused-ring (bicyclic) bond motifs is 1. The molecule has 5 rings (SSSR count). The third-order valence-corrected chi connectivity index (χ3v) is 5.31. The molecule has 1 aliphatic rings. The summed E-state index contributed by atoms with van der Waals surface area (Å²) in [7, 11) is 0. The van der Waals surface area contributed by atoms with Gasteiger partial charge in [-0.05, 0) is 24.7 Å². The molecule has 5 nitrogen and oxygen atoms in total. The van der Waals surface area contributed by atoms with Crippen molar-refractivity contribution < 1.29 is 0 Å². The highest BCUT2D eigenvalue weighted by atomic mass is 32.2. The van der Waals surface area contributed by atoms with E-state index in [1.165, 1.54) is 12.8 Å². The smallest absolute Gasteiger partial charge is 0.170 e. The first kappa shape index (κ1) is 14.7. The second-order valence-corrected chi connectivity index (χ2v) is 7.10. The minimum Gasteiger partial charge on any atom is -0.342 e. The Hall–Kier alpha value is -2.60. The summed E-state index contributed by atoms with van der Waals surface area (Å²) < 4.78 is 2.09. The van der Waals surface area contributed by atoms with Gasteiger partial charge < -0.3 is 4.98 Å². The van der Waals surface area contributed by atoms with E-state index in [0.29, 0.717) is 5.92 Å². The average Bonchev–Trinajstić information content (AvgIpc) is 3.23. The molecule has 25 heavy (non-hydrogen) atoms. The van der Waals surface area contributed by atoms with Crippen molar-refractivity contribution in [1.82, 2.24) is 24.3 Å². The average molecular weight is 347 g/mol. The molecule has 1 fully saturated rings. The largest absolute Gasteiger partial charge is 0.342 e. The van der Waals surface area contributed by atoms with Crippen LogP contribution < -0.4 is 0 Å². The number of hydrogen-bond donors (Lipinski definition) is 1. The van der Waals surface area contributed by atoms with E-state index in [4.69, 9.17) is 0 Å². The summed E-state index contributed by atoms with van der Waals surface area (Å²) in [5.74, 6) is 1.77. The second kappa shape index (κ2) is 5.74. The van der Waals surface area contributed by atoms with Gasteiger partial charge in [-0.15, -0.1) is 11.8 Å². The van der Waals surface area contributed by atoms with Crippen LogP contribution in [0.1, 0.15) is 24.6 Å². The maximum atomic E-state index is 4.54. The third kappa shape index (κ3) is 2.53. The van der Waals surface area contributed by atoms with Crippen LogP contribution in [0.4, 0.5) is 0 Å². The van der Waals surface area contributed by atoms with Crippen LogP contribution in [0.5, 0.6) is 0 Å². The quantitative estimate of drug-likeness (QED) is 0.556. The minimum atomic E-state index is 0.644. The van der Waals surface area contributed by atoms with E-state index in [1.54, 1.807) is 11.8 Å². The van der Waals surface area contributed by atoms with Gasteiger partial charge >= 0.3 is 0 Å². The van der Waals surface area contributed by atoms with Crippen LogP contribution in [0.25, 0.3) is 28.2 Å². The van der Waals surface area contributed by atoms with E-state index in [-0.39, 0.29) is 0 Å². The number of H-pyrrole nitrogens is 1. The van der Waals surface area contributed by atoms with Crippen LogP contribution in [0, 0.1) is 0 Å². The first-order valence-electron chi connectivity index (χ1n) is 8.35. The fourth-order valence-corrected chi connectivity index (χ4v) is 3.62. The van der Waals surface area contributed by atoms with Crippen molar-refractivity contribution in [1.29, 1.82) is 0 Å². The second-order valence-electron chi connectivity index (χ2n) is 6.31. The number of benzene rings is 1. The third-order valence-electron chi connectivity index (χ3n) is 4.64. The van der Waals surface area contributed by atoms with Crippen molar-refractivity contribution in [2.45, 2.75) is 23.8 Å². The Labute approximate surface area is 149 Å². The number of aromatic amines is 1. The summed E-state index contributed by atoms with van der Waals surface area (Å²) in [5, 5.41) is 0.940. The van der Waals surface area contributed by atoms with Gasteiger partial charge in [0.05, 0.1) is 23.8 Å². The SMILES string of the molecule is CSc1nccn2c(-c3ccc(-c4cnc(C5CC5)[nH]4)cc3)cnc12. The topological polar surface area (TPSA) is 58.9 Å². The number of nitrogens with one attached hydrogen (secondary N) is 1. The zero-order chi connectivity index (χ0) is 16.8. The molecule has 1 N–H and O–H groups in total. The molecule has 0 amide bonds. The van der Waals surface area contributed by atoms with Crippen molar-refractivity contribution in [3.63, 3.8) is 0 Å². The van der Waals surface area contributed by atoms with Crippen LogP contribution in [0.15, 0.2) is 54.1 Å². The van der Waals surface area contributed by atoms with Crippen molar-refractivity contribution in [3.05, 3.63) is 54.9 Å². The lowest BCUT2D eigenvalue weighted by Gasteiger charge is -2.05. The minimum absolute atomic E-state index is 0.644. The Bertz CT molecular complexity index is 1040. The predicted octanol–water partition coefficient (Wildman–Crippen LogP) is 4.39. The fourth-order valence-electron chi connectivity index (χ4n) is 3.12.